The Morgan fingerprint density at radius 3 is 2.71 bits per heavy atom. The number of aryl methyl sites for hydroxylation is 2. The first kappa shape index (κ1) is 15.5. The van der Waals surface area contributed by atoms with Gasteiger partial charge in [0.25, 0.3) is 5.91 Å². The van der Waals surface area contributed by atoms with Crippen LogP contribution in [0.15, 0.2) is 6.20 Å². The van der Waals surface area contributed by atoms with Crippen LogP contribution in [0.2, 0.25) is 0 Å². The summed E-state index contributed by atoms with van der Waals surface area (Å²) in [7, 11) is 1.77. The van der Waals surface area contributed by atoms with Gasteiger partial charge in [-0.2, -0.15) is 5.10 Å². The molecular formula is C15H23N3O3. The first-order valence-corrected chi connectivity index (χ1v) is 7.54. The van der Waals surface area contributed by atoms with E-state index in [1.165, 1.54) is 0 Å². The molecule has 1 aliphatic rings. The van der Waals surface area contributed by atoms with Crippen LogP contribution in [-0.4, -0.2) is 43.7 Å². The number of carboxylic acid groups (broad SMARTS) is 1. The van der Waals surface area contributed by atoms with Gasteiger partial charge >= 0.3 is 5.97 Å². The molecule has 1 fully saturated rings. The Bertz CT molecular complexity index is 552. The van der Waals surface area contributed by atoms with Crippen LogP contribution in [0.1, 0.15) is 55.6 Å². The molecule has 1 unspecified atom stereocenters. The average molecular weight is 293 g/mol. The molecule has 1 amide bonds. The van der Waals surface area contributed by atoms with Gasteiger partial charge in [-0.25, -0.2) is 4.79 Å². The number of carboxylic acids is 1. The fourth-order valence-corrected chi connectivity index (χ4v) is 3.30. The maximum absolute atomic E-state index is 12.8. The van der Waals surface area contributed by atoms with Crippen molar-refractivity contribution < 1.29 is 14.7 Å². The minimum Gasteiger partial charge on any atom is -0.479 e. The van der Waals surface area contributed by atoms with E-state index >= 15 is 0 Å². The number of hydrogen-bond donors (Lipinski definition) is 1. The summed E-state index contributed by atoms with van der Waals surface area (Å²) in [5, 5.41) is 14.0. The first-order chi connectivity index (χ1) is 9.96. The van der Waals surface area contributed by atoms with Gasteiger partial charge in [-0.15, -0.1) is 0 Å². The molecule has 2 rings (SSSR count). The molecule has 6 heteroatoms. The molecule has 1 saturated heterocycles. The molecule has 1 aromatic heterocycles. The largest absolute Gasteiger partial charge is 0.479 e. The highest BCUT2D eigenvalue weighted by Crippen LogP contribution is 2.35. The predicted octanol–water partition coefficient (Wildman–Crippen LogP) is 1.84. The van der Waals surface area contributed by atoms with Crippen LogP contribution in [0.25, 0.3) is 0 Å². The Hall–Kier alpha value is -1.85. The number of carbonyl (C=O) groups is 2. The third-order valence-electron chi connectivity index (χ3n) is 4.27. The highest BCUT2D eigenvalue weighted by atomic mass is 16.4. The summed E-state index contributed by atoms with van der Waals surface area (Å²) in [4.78, 5) is 26.2. The Balaban J connectivity index is 2.38. The zero-order valence-corrected chi connectivity index (χ0v) is 12.9. The molecule has 0 radical (unpaired) electrons. The van der Waals surface area contributed by atoms with Crippen molar-refractivity contribution in [3.8, 4) is 0 Å². The van der Waals surface area contributed by atoms with Gasteiger partial charge in [-0.1, -0.05) is 20.3 Å². The predicted molar refractivity (Wildman–Crippen MR) is 78.1 cm³/mol. The SMILES string of the molecule is CCCC1(C(=O)O)CCCN1C(=O)c1cn(C)nc1CC. The van der Waals surface area contributed by atoms with E-state index in [1.54, 1.807) is 22.8 Å². The second kappa shape index (κ2) is 5.87. The van der Waals surface area contributed by atoms with E-state index in [0.29, 0.717) is 31.4 Å². The summed E-state index contributed by atoms with van der Waals surface area (Å²) in [6, 6.07) is 0. The van der Waals surface area contributed by atoms with Crippen molar-refractivity contribution in [1.82, 2.24) is 14.7 Å². The van der Waals surface area contributed by atoms with Gasteiger partial charge in [-0.05, 0) is 25.7 Å². The molecule has 0 aromatic carbocycles. The maximum atomic E-state index is 12.8. The molecule has 1 atom stereocenters. The van der Waals surface area contributed by atoms with Crippen molar-refractivity contribution in [2.24, 2.45) is 7.05 Å². The standard InChI is InChI=1S/C15H23N3O3/c1-4-7-15(14(20)21)8-6-9-18(15)13(19)11-10-17(3)16-12(11)5-2/h10H,4-9H2,1-3H3,(H,20,21). The van der Waals surface area contributed by atoms with E-state index in [4.69, 9.17) is 0 Å². The van der Waals surface area contributed by atoms with Crippen molar-refractivity contribution in [3.05, 3.63) is 17.5 Å². The van der Waals surface area contributed by atoms with Crippen LogP contribution in [0.4, 0.5) is 0 Å². The fraction of sp³-hybridized carbons (Fsp3) is 0.667. The Kier molecular flexibility index (Phi) is 4.34. The van der Waals surface area contributed by atoms with Gasteiger partial charge in [0.2, 0.25) is 0 Å². The minimum atomic E-state index is -1.05. The number of rotatable bonds is 5. The van der Waals surface area contributed by atoms with Crippen LogP contribution in [-0.2, 0) is 18.3 Å². The Labute approximate surface area is 124 Å². The minimum absolute atomic E-state index is 0.201. The average Bonchev–Trinajstić information content (AvgIpc) is 3.02. The number of aliphatic carboxylic acids is 1. The van der Waals surface area contributed by atoms with Crippen molar-refractivity contribution in [3.63, 3.8) is 0 Å². The molecule has 6 nitrogen and oxygen atoms in total. The number of nitrogens with zero attached hydrogens (tertiary/aromatic N) is 3. The number of likely N-dealkylation sites (tertiary alicyclic amines) is 1. The monoisotopic (exact) mass is 293 g/mol. The summed E-state index contributed by atoms with van der Waals surface area (Å²) in [6.45, 7) is 4.40. The topological polar surface area (TPSA) is 75.4 Å². The van der Waals surface area contributed by atoms with Crippen molar-refractivity contribution >= 4 is 11.9 Å². The summed E-state index contributed by atoms with van der Waals surface area (Å²) < 4.78 is 1.62. The lowest BCUT2D eigenvalue weighted by Crippen LogP contribution is -2.53. The molecule has 0 aliphatic carbocycles. The van der Waals surface area contributed by atoms with Gasteiger partial charge in [-0.3, -0.25) is 9.48 Å². The van der Waals surface area contributed by atoms with Crippen LogP contribution in [0.5, 0.6) is 0 Å². The Morgan fingerprint density at radius 1 is 1.43 bits per heavy atom. The molecule has 1 aromatic rings. The zero-order valence-electron chi connectivity index (χ0n) is 12.9. The maximum Gasteiger partial charge on any atom is 0.329 e. The quantitative estimate of drug-likeness (QED) is 0.899. The van der Waals surface area contributed by atoms with Gasteiger partial charge in [0.15, 0.2) is 0 Å². The summed E-state index contributed by atoms with van der Waals surface area (Å²) in [5.41, 5.74) is 0.209. The van der Waals surface area contributed by atoms with Crippen LogP contribution in [0, 0.1) is 0 Å². The number of carbonyl (C=O) groups excluding carboxylic acids is 1. The van der Waals surface area contributed by atoms with Gasteiger partial charge in [0, 0.05) is 19.8 Å². The first-order valence-electron chi connectivity index (χ1n) is 7.54. The second-order valence-electron chi connectivity index (χ2n) is 5.66. The van der Waals surface area contributed by atoms with E-state index in [9.17, 15) is 14.7 Å². The van der Waals surface area contributed by atoms with Crippen molar-refractivity contribution in [2.75, 3.05) is 6.54 Å². The van der Waals surface area contributed by atoms with Crippen LogP contribution in [0.3, 0.4) is 0 Å². The molecule has 1 aliphatic heterocycles. The van der Waals surface area contributed by atoms with E-state index in [-0.39, 0.29) is 5.91 Å². The van der Waals surface area contributed by atoms with Crippen molar-refractivity contribution in [2.45, 2.75) is 51.5 Å². The van der Waals surface area contributed by atoms with E-state index < -0.39 is 11.5 Å². The fourth-order valence-electron chi connectivity index (χ4n) is 3.30. The second-order valence-corrected chi connectivity index (χ2v) is 5.66. The normalized spacial score (nSPS) is 21.8. The zero-order chi connectivity index (χ0) is 15.6. The molecule has 21 heavy (non-hydrogen) atoms. The molecule has 1 N–H and O–H groups in total. The summed E-state index contributed by atoms with van der Waals surface area (Å²) in [5.74, 6) is -1.09. The van der Waals surface area contributed by atoms with Gasteiger partial charge in [0.05, 0.1) is 11.3 Å². The van der Waals surface area contributed by atoms with Crippen molar-refractivity contribution in [1.29, 1.82) is 0 Å². The Morgan fingerprint density at radius 2 is 2.14 bits per heavy atom. The smallest absolute Gasteiger partial charge is 0.329 e. The summed E-state index contributed by atoms with van der Waals surface area (Å²) >= 11 is 0. The van der Waals surface area contributed by atoms with E-state index in [0.717, 1.165) is 18.5 Å². The lowest BCUT2D eigenvalue weighted by Gasteiger charge is -2.34. The molecule has 0 bridgehead atoms. The van der Waals surface area contributed by atoms with Crippen LogP contribution >= 0.6 is 0 Å². The third-order valence-corrected chi connectivity index (χ3v) is 4.27. The lowest BCUT2D eigenvalue weighted by atomic mass is 9.90. The molecular weight excluding hydrogens is 270 g/mol. The number of amides is 1. The number of hydrogen-bond acceptors (Lipinski definition) is 3. The molecule has 2 heterocycles. The highest BCUT2D eigenvalue weighted by Gasteiger charge is 2.49. The van der Waals surface area contributed by atoms with Gasteiger partial charge in [0.1, 0.15) is 5.54 Å². The summed E-state index contributed by atoms with van der Waals surface area (Å²) in [6.07, 6.45) is 4.85. The number of aromatic nitrogens is 2. The molecule has 116 valence electrons. The molecule has 0 spiro atoms. The highest BCUT2D eigenvalue weighted by molar-refractivity contribution is 5.99. The molecule has 0 saturated carbocycles. The van der Waals surface area contributed by atoms with Crippen LogP contribution < -0.4 is 0 Å². The van der Waals surface area contributed by atoms with E-state index in [2.05, 4.69) is 5.10 Å². The van der Waals surface area contributed by atoms with E-state index in [1.807, 2.05) is 13.8 Å². The third kappa shape index (κ3) is 2.54. The van der Waals surface area contributed by atoms with Gasteiger partial charge < -0.3 is 10.0 Å². The lowest BCUT2D eigenvalue weighted by molar-refractivity contribution is -0.148.